The number of hydrogen-bond acceptors (Lipinski definition) is 0. The van der Waals surface area contributed by atoms with E-state index >= 15 is 0 Å². The van der Waals surface area contributed by atoms with Gasteiger partial charge in [-0.25, -0.2) is 0 Å². The Kier molecular flexibility index (Phi) is 24.1. The minimum absolute atomic E-state index is 0.502. The van der Waals surface area contributed by atoms with Crippen LogP contribution in [0.15, 0.2) is 24.3 Å². The third-order valence-corrected chi connectivity index (χ3v) is 10.6. The fourth-order valence-electron chi connectivity index (χ4n) is 7.78. The van der Waals surface area contributed by atoms with Crippen LogP contribution < -0.4 is 0 Å². The molecule has 260 valence electrons. The van der Waals surface area contributed by atoms with Gasteiger partial charge >= 0.3 is 0 Å². The molecule has 1 rings (SSSR count). The lowest BCUT2D eigenvalue weighted by atomic mass is 9.65. The first-order valence-corrected chi connectivity index (χ1v) is 20.4. The molecule has 4 atom stereocenters. The predicted molar refractivity (Wildman–Crippen MR) is 203 cm³/mol. The molecule has 1 aliphatic carbocycles. The third-order valence-electron chi connectivity index (χ3n) is 10.6. The minimum Gasteiger partial charge on any atom is -0.0885 e. The molecule has 0 amide bonds. The van der Waals surface area contributed by atoms with Crippen molar-refractivity contribution in [3.63, 3.8) is 0 Å². The van der Waals surface area contributed by atoms with E-state index in [2.05, 4.69) is 79.7 Å². The minimum atomic E-state index is 0.502. The largest absolute Gasteiger partial charge is 0.0885 e. The van der Waals surface area contributed by atoms with Crippen molar-refractivity contribution in [1.82, 2.24) is 0 Å². The Morgan fingerprint density at radius 3 is 1.34 bits per heavy atom. The zero-order chi connectivity index (χ0) is 32.5. The first-order chi connectivity index (χ1) is 21.1. The highest BCUT2D eigenvalue weighted by atomic mass is 14.4. The van der Waals surface area contributed by atoms with Crippen LogP contribution in [0, 0.1) is 34.5 Å². The second-order valence-corrected chi connectivity index (χ2v) is 17.5. The van der Waals surface area contributed by atoms with Crippen LogP contribution in [-0.2, 0) is 0 Å². The van der Waals surface area contributed by atoms with Crippen molar-refractivity contribution in [3.8, 4) is 0 Å². The molecule has 4 unspecified atom stereocenters. The summed E-state index contributed by atoms with van der Waals surface area (Å²) in [6.07, 6.45) is 47.4. The molecule has 0 heteroatoms. The highest BCUT2D eigenvalue weighted by molar-refractivity contribution is 5.07. The van der Waals surface area contributed by atoms with Gasteiger partial charge in [-0.1, -0.05) is 195 Å². The Balaban J connectivity index is 2.74. The molecule has 0 aromatic carbocycles. The van der Waals surface area contributed by atoms with Crippen LogP contribution in [0.25, 0.3) is 0 Å². The van der Waals surface area contributed by atoms with Gasteiger partial charge in [0.15, 0.2) is 0 Å². The maximum absolute atomic E-state index is 2.74. The van der Waals surface area contributed by atoms with Crippen LogP contribution >= 0.6 is 0 Å². The van der Waals surface area contributed by atoms with E-state index in [-0.39, 0.29) is 0 Å². The molecule has 0 radical (unpaired) electrons. The fourth-order valence-corrected chi connectivity index (χ4v) is 7.78. The van der Waals surface area contributed by atoms with E-state index < -0.39 is 0 Å². The van der Waals surface area contributed by atoms with Gasteiger partial charge in [0.25, 0.3) is 0 Å². The van der Waals surface area contributed by atoms with E-state index in [4.69, 9.17) is 0 Å². The van der Waals surface area contributed by atoms with Crippen LogP contribution in [0.2, 0.25) is 0 Å². The predicted octanol–water partition coefficient (Wildman–Crippen LogP) is 15.9. The normalized spacial score (nSPS) is 21.1. The summed E-state index contributed by atoms with van der Waals surface area (Å²) in [5.74, 6) is 3.42. The summed E-state index contributed by atoms with van der Waals surface area (Å²) >= 11 is 0. The molecule has 0 heterocycles. The second-order valence-electron chi connectivity index (χ2n) is 17.5. The van der Waals surface area contributed by atoms with Gasteiger partial charge in [0.1, 0.15) is 0 Å². The van der Waals surface area contributed by atoms with Crippen molar-refractivity contribution in [3.05, 3.63) is 24.3 Å². The maximum atomic E-state index is 2.74. The highest BCUT2D eigenvalue weighted by Crippen LogP contribution is 2.44. The zero-order valence-corrected chi connectivity index (χ0v) is 32.0. The van der Waals surface area contributed by atoms with Crippen LogP contribution in [0.3, 0.4) is 0 Å². The number of hydrogen-bond donors (Lipinski definition) is 0. The van der Waals surface area contributed by atoms with E-state index in [1.165, 1.54) is 167 Å². The lowest BCUT2D eigenvalue weighted by Gasteiger charge is -2.40. The molecule has 1 aliphatic rings. The first-order valence-electron chi connectivity index (χ1n) is 20.4. The quantitative estimate of drug-likeness (QED) is 0.0639. The maximum Gasteiger partial charge on any atom is -0.0199 e. The van der Waals surface area contributed by atoms with Crippen molar-refractivity contribution in [2.24, 2.45) is 34.5 Å². The topological polar surface area (TPSA) is 0 Å². The third kappa shape index (κ3) is 22.9. The van der Waals surface area contributed by atoms with Crippen molar-refractivity contribution < 1.29 is 0 Å². The lowest BCUT2D eigenvalue weighted by Crippen LogP contribution is -2.31. The molecular weight excluding hydrogens is 528 g/mol. The summed E-state index contributed by atoms with van der Waals surface area (Å²) in [6, 6.07) is 0. The molecule has 0 aromatic heterocycles. The van der Waals surface area contributed by atoms with Gasteiger partial charge in [-0.15, -0.1) is 0 Å². The Morgan fingerprint density at radius 2 is 0.841 bits per heavy atom. The molecule has 0 fully saturated rings. The number of rotatable bonds is 27. The monoisotopic (exact) mass is 613 g/mol. The molecule has 0 saturated heterocycles. The smallest absolute Gasteiger partial charge is 0.0199 e. The Bertz CT molecular complexity index is 682. The van der Waals surface area contributed by atoms with Gasteiger partial charge in [0.2, 0.25) is 0 Å². The standard InChI is InChI=1S/C44H84/c1-9-11-13-15-21-27-33-41-39(31-25-14-12-10-2)35-36-40(32-26-20-16-18-23-29-37-43(3,4)5)42(41)34-28-22-17-19-24-30-38-44(6,7)8/h21,27,35-36,39-42H,9-20,22-26,28-34,37-38H2,1-8H3/b27-21+. The molecule has 0 nitrogen and oxygen atoms in total. The molecular formula is C44H84. The molecule has 44 heavy (non-hydrogen) atoms. The molecule has 0 bridgehead atoms. The molecule has 0 spiro atoms. The van der Waals surface area contributed by atoms with E-state index in [1.54, 1.807) is 0 Å². The van der Waals surface area contributed by atoms with Crippen molar-refractivity contribution in [1.29, 1.82) is 0 Å². The van der Waals surface area contributed by atoms with Gasteiger partial charge in [0.05, 0.1) is 0 Å². The van der Waals surface area contributed by atoms with Gasteiger partial charge < -0.3 is 0 Å². The van der Waals surface area contributed by atoms with Crippen molar-refractivity contribution in [2.75, 3.05) is 0 Å². The summed E-state index contributed by atoms with van der Waals surface area (Å²) in [6.45, 7) is 19.0. The van der Waals surface area contributed by atoms with Crippen LogP contribution in [0.5, 0.6) is 0 Å². The van der Waals surface area contributed by atoms with E-state index in [1.807, 2.05) is 0 Å². The summed E-state index contributed by atoms with van der Waals surface area (Å²) in [5, 5.41) is 0. The van der Waals surface area contributed by atoms with Gasteiger partial charge in [-0.3, -0.25) is 0 Å². The Morgan fingerprint density at radius 1 is 0.432 bits per heavy atom. The summed E-state index contributed by atoms with van der Waals surface area (Å²) < 4.78 is 0. The first kappa shape index (κ1) is 41.5. The lowest BCUT2D eigenvalue weighted by molar-refractivity contribution is 0.159. The molecule has 0 aliphatic heterocycles. The number of unbranched alkanes of at least 4 members (excludes halogenated alkanes) is 16. The van der Waals surface area contributed by atoms with Crippen LogP contribution in [0.1, 0.15) is 222 Å². The van der Waals surface area contributed by atoms with Gasteiger partial charge in [-0.05, 0) is 85.9 Å². The average Bonchev–Trinajstić information content (AvgIpc) is 2.95. The van der Waals surface area contributed by atoms with Crippen molar-refractivity contribution >= 4 is 0 Å². The molecule has 0 N–H and O–H groups in total. The van der Waals surface area contributed by atoms with Crippen LogP contribution in [-0.4, -0.2) is 0 Å². The summed E-state index contributed by atoms with van der Waals surface area (Å²) in [5.41, 5.74) is 1.01. The number of allylic oxidation sites excluding steroid dienone is 4. The van der Waals surface area contributed by atoms with Crippen LogP contribution in [0.4, 0.5) is 0 Å². The Labute approximate surface area is 280 Å². The average molecular weight is 613 g/mol. The SMILES string of the molecule is CCCCC/C=C/CC1C(CCCCCC)C=CC(CCCCCCCCC(C)(C)C)C1CCCCCCCCC(C)(C)C. The molecule has 0 saturated carbocycles. The highest BCUT2D eigenvalue weighted by Gasteiger charge is 2.34. The zero-order valence-electron chi connectivity index (χ0n) is 32.0. The molecule has 0 aromatic rings. The van der Waals surface area contributed by atoms with Crippen molar-refractivity contribution in [2.45, 2.75) is 222 Å². The van der Waals surface area contributed by atoms with E-state index in [0.29, 0.717) is 10.8 Å². The van der Waals surface area contributed by atoms with E-state index in [9.17, 15) is 0 Å². The second kappa shape index (κ2) is 25.6. The summed E-state index contributed by atoms with van der Waals surface area (Å²) in [7, 11) is 0. The fraction of sp³-hybridized carbons (Fsp3) is 0.909. The van der Waals surface area contributed by atoms with Gasteiger partial charge in [-0.2, -0.15) is 0 Å². The summed E-state index contributed by atoms with van der Waals surface area (Å²) in [4.78, 5) is 0. The van der Waals surface area contributed by atoms with E-state index in [0.717, 1.165) is 23.7 Å². The Hall–Kier alpha value is -0.520. The van der Waals surface area contributed by atoms with Gasteiger partial charge in [0, 0.05) is 0 Å².